The predicted octanol–water partition coefficient (Wildman–Crippen LogP) is 6.20. The van der Waals surface area contributed by atoms with Crippen molar-refractivity contribution in [1.82, 2.24) is 0 Å². The molecule has 27 heavy (non-hydrogen) atoms. The van der Waals surface area contributed by atoms with Crippen LogP contribution in [-0.2, 0) is 5.75 Å². The Bertz CT molecular complexity index is 944. The molecule has 0 aliphatic rings. The molecule has 1 amide bonds. The van der Waals surface area contributed by atoms with Gasteiger partial charge in [0.05, 0.1) is 7.11 Å². The van der Waals surface area contributed by atoms with E-state index in [-0.39, 0.29) is 5.91 Å². The minimum absolute atomic E-state index is 0.158. The molecule has 3 aromatic rings. The van der Waals surface area contributed by atoms with E-state index in [2.05, 4.69) is 17.4 Å². The summed E-state index contributed by atoms with van der Waals surface area (Å²) in [7, 11) is 1.64. The number of nitrogens with one attached hydrogen (secondary N) is 1. The monoisotopic (exact) mass is 397 g/mol. The summed E-state index contributed by atoms with van der Waals surface area (Å²) in [6, 6.07) is 21.0. The molecule has 138 valence electrons. The van der Waals surface area contributed by atoms with Gasteiger partial charge in [0.1, 0.15) is 5.75 Å². The van der Waals surface area contributed by atoms with Crippen LogP contribution in [0.5, 0.6) is 5.75 Å². The van der Waals surface area contributed by atoms with Gasteiger partial charge in [-0.15, -0.1) is 11.8 Å². The molecule has 5 heteroatoms. The number of anilines is 1. The lowest BCUT2D eigenvalue weighted by Gasteiger charge is -2.12. The highest BCUT2D eigenvalue weighted by atomic mass is 35.5. The van der Waals surface area contributed by atoms with Crippen LogP contribution < -0.4 is 10.1 Å². The number of carbonyl (C=O) groups is 1. The van der Waals surface area contributed by atoms with Gasteiger partial charge in [-0.05, 0) is 61.0 Å². The van der Waals surface area contributed by atoms with Gasteiger partial charge in [-0.25, -0.2) is 0 Å². The fourth-order valence-corrected chi connectivity index (χ4v) is 3.80. The first-order valence-corrected chi connectivity index (χ1v) is 9.85. The highest BCUT2D eigenvalue weighted by Crippen LogP contribution is 2.29. The van der Waals surface area contributed by atoms with Crippen molar-refractivity contribution in [1.29, 1.82) is 0 Å². The minimum Gasteiger partial charge on any atom is -0.496 e. The number of aryl methyl sites for hydroxylation is 1. The van der Waals surface area contributed by atoms with E-state index < -0.39 is 0 Å². The fourth-order valence-electron chi connectivity index (χ4n) is 2.67. The van der Waals surface area contributed by atoms with E-state index in [1.165, 1.54) is 4.90 Å². The molecule has 3 nitrogen and oxygen atoms in total. The van der Waals surface area contributed by atoms with Gasteiger partial charge >= 0.3 is 0 Å². The minimum atomic E-state index is -0.158. The van der Waals surface area contributed by atoms with Crippen LogP contribution in [0, 0.1) is 6.92 Å². The van der Waals surface area contributed by atoms with Crippen molar-refractivity contribution >= 4 is 35.0 Å². The lowest BCUT2D eigenvalue weighted by atomic mass is 10.1. The SMILES string of the molecule is COc1ccc(C(=O)Nc2ccc(Cl)cc2C)cc1CSc1ccccc1. The van der Waals surface area contributed by atoms with E-state index in [4.69, 9.17) is 16.3 Å². The first-order valence-electron chi connectivity index (χ1n) is 8.49. The molecular formula is C22H20ClNO2S. The Balaban J connectivity index is 1.78. The molecule has 0 atom stereocenters. The molecule has 0 saturated heterocycles. The zero-order chi connectivity index (χ0) is 19.2. The summed E-state index contributed by atoms with van der Waals surface area (Å²) >= 11 is 7.69. The number of methoxy groups -OCH3 is 1. The van der Waals surface area contributed by atoms with Crippen molar-refractivity contribution in [3.8, 4) is 5.75 Å². The van der Waals surface area contributed by atoms with Crippen LogP contribution in [0.2, 0.25) is 5.02 Å². The van der Waals surface area contributed by atoms with Crippen LogP contribution >= 0.6 is 23.4 Å². The summed E-state index contributed by atoms with van der Waals surface area (Å²) in [5.74, 6) is 1.33. The Morgan fingerprint density at radius 2 is 1.85 bits per heavy atom. The summed E-state index contributed by atoms with van der Waals surface area (Å²) in [6.07, 6.45) is 0. The quantitative estimate of drug-likeness (QED) is 0.503. The number of thioether (sulfide) groups is 1. The van der Waals surface area contributed by atoms with Crippen LogP contribution in [0.15, 0.2) is 71.6 Å². The third kappa shape index (κ3) is 5.06. The Hall–Kier alpha value is -2.43. The molecule has 0 heterocycles. The fraction of sp³-hybridized carbons (Fsp3) is 0.136. The van der Waals surface area contributed by atoms with E-state index in [0.717, 1.165) is 22.6 Å². The predicted molar refractivity (Wildman–Crippen MR) is 113 cm³/mol. The summed E-state index contributed by atoms with van der Waals surface area (Å²) in [5.41, 5.74) is 3.24. The number of benzene rings is 3. The molecule has 0 unspecified atom stereocenters. The normalized spacial score (nSPS) is 10.5. The molecule has 0 saturated carbocycles. The molecule has 0 spiro atoms. The highest BCUT2D eigenvalue weighted by Gasteiger charge is 2.12. The molecule has 0 fully saturated rings. The lowest BCUT2D eigenvalue weighted by molar-refractivity contribution is 0.102. The molecule has 1 N–H and O–H groups in total. The Morgan fingerprint density at radius 1 is 1.07 bits per heavy atom. The van der Waals surface area contributed by atoms with Crippen LogP contribution in [0.1, 0.15) is 21.5 Å². The van der Waals surface area contributed by atoms with E-state index in [9.17, 15) is 4.79 Å². The van der Waals surface area contributed by atoms with E-state index >= 15 is 0 Å². The number of amides is 1. The highest BCUT2D eigenvalue weighted by molar-refractivity contribution is 7.98. The van der Waals surface area contributed by atoms with Crippen molar-refractivity contribution in [2.24, 2.45) is 0 Å². The molecule has 3 aromatic carbocycles. The topological polar surface area (TPSA) is 38.3 Å². The second-order valence-electron chi connectivity index (χ2n) is 6.04. The Kier molecular flexibility index (Phi) is 6.43. The van der Waals surface area contributed by atoms with Gasteiger partial charge in [0.15, 0.2) is 0 Å². The average molecular weight is 398 g/mol. The Morgan fingerprint density at radius 3 is 2.56 bits per heavy atom. The van der Waals surface area contributed by atoms with Gasteiger partial charge in [0.2, 0.25) is 0 Å². The van der Waals surface area contributed by atoms with E-state index in [1.807, 2.05) is 49.4 Å². The Labute approximate surface area is 168 Å². The molecule has 0 aromatic heterocycles. The molecule has 0 bridgehead atoms. The summed E-state index contributed by atoms with van der Waals surface area (Å²) in [5, 5.41) is 3.60. The second kappa shape index (κ2) is 8.98. The zero-order valence-electron chi connectivity index (χ0n) is 15.2. The smallest absolute Gasteiger partial charge is 0.255 e. The molecular weight excluding hydrogens is 378 g/mol. The summed E-state index contributed by atoms with van der Waals surface area (Å²) in [6.45, 7) is 1.91. The number of carbonyl (C=O) groups excluding carboxylic acids is 1. The summed E-state index contributed by atoms with van der Waals surface area (Å²) < 4.78 is 5.46. The molecule has 3 rings (SSSR count). The molecule has 0 radical (unpaired) electrons. The van der Waals surface area contributed by atoms with Crippen molar-refractivity contribution in [3.63, 3.8) is 0 Å². The van der Waals surface area contributed by atoms with E-state index in [0.29, 0.717) is 16.3 Å². The van der Waals surface area contributed by atoms with Crippen molar-refractivity contribution in [2.45, 2.75) is 17.6 Å². The second-order valence-corrected chi connectivity index (χ2v) is 7.53. The van der Waals surface area contributed by atoms with E-state index in [1.54, 1.807) is 31.0 Å². The van der Waals surface area contributed by atoms with Gasteiger partial charge in [0.25, 0.3) is 5.91 Å². The number of ether oxygens (including phenoxy) is 1. The maximum atomic E-state index is 12.7. The van der Waals surface area contributed by atoms with Gasteiger partial charge < -0.3 is 10.1 Å². The van der Waals surface area contributed by atoms with Crippen LogP contribution in [0.25, 0.3) is 0 Å². The first-order chi connectivity index (χ1) is 13.1. The van der Waals surface area contributed by atoms with Crippen LogP contribution in [0.3, 0.4) is 0 Å². The van der Waals surface area contributed by atoms with Crippen molar-refractivity contribution in [2.75, 3.05) is 12.4 Å². The maximum absolute atomic E-state index is 12.7. The maximum Gasteiger partial charge on any atom is 0.255 e. The molecule has 0 aliphatic heterocycles. The van der Waals surface area contributed by atoms with Crippen molar-refractivity contribution in [3.05, 3.63) is 88.4 Å². The third-order valence-corrected chi connectivity index (χ3v) is 5.41. The average Bonchev–Trinajstić information content (AvgIpc) is 2.69. The van der Waals surface area contributed by atoms with Crippen molar-refractivity contribution < 1.29 is 9.53 Å². The lowest BCUT2D eigenvalue weighted by Crippen LogP contribution is -2.13. The molecule has 0 aliphatic carbocycles. The van der Waals surface area contributed by atoms with Gasteiger partial charge in [0, 0.05) is 32.5 Å². The van der Waals surface area contributed by atoms with Gasteiger partial charge in [-0.3, -0.25) is 4.79 Å². The standard InChI is InChI=1S/C22H20ClNO2S/c1-15-12-18(23)9-10-20(15)24-22(25)16-8-11-21(26-2)17(13-16)14-27-19-6-4-3-5-7-19/h3-13H,14H2,1-2H3,(H,24,25). The summed E-state index contributed by atoms with van der Waals surface area (Å²) in [4.78, 5) is 13.9. The number of halogens is 1. The third-order valence-electron chi connectivity index (χ3n) is 4.12. The number of hydrogen-bond acceptors (Lipinski definition) is 3. The van der Waals surface area contributed by atoms with Crippen LogP contribution in [-0.4, -0.2) is 13.0 Å². The van der Waals surface area contributed by atoms with Gasteiger partial charge in [-0.2, -0.15) is 0 Å². The van der Waals surface area contributed by atoms with Crippen LogP contribution in [0.4, 0.5) is 5.69 Å². The first kappa shape index (κ1) is 19.3. The largest absolute Gasteiger partial charge is 0.496 e. The number of hydrogen-bond donors (Lipinski definition) is 1. The van der Waals surface area contributed by atoms with Gasteiger partial charge in [-0.1, -0.05) is 29.8 Å². The zero-order valence-corrected chi connectivity index (χ0v) is 16.7. The number of rotatable bonds is 6.